The molecule has 2 aromatic rings. The molecule has 1 unspecified atom stereocenters. The number of likely N-dealkylation sites (tertiary alicyclic amines) is 1. The zero-order chi connectivity index (χ0) is 19.8. The van der Waals surface area contributed by atoms with E-state index in [-0.39, 0.29) is 23.8 Å². The van der Waals surface area contributed by atoms with Gasteiger partial charge < -0.3 is 4.90 Å². The standard InChI is InChI=1S/C24H26FN3O/c25-22-11-9-19(10-12-22)18-3-5-20(6-4-18)23-27(17-26-13-1-2-14-26)15-16-28(23)24(29)21-7-8-21/h3-6,9-12,15-16,21,23H,1-2,7-8,13-14,17H2. The molecule has 4 nitrogen and oxygen atoms in total. The number of nitrogens with zero attached hydrogens (tertiary/aromatic N) is 3. The number of benzene rings is 2. The highest BCUT2D eigenvalue weighted by Crippen LogP contribution is 2.38. The van der Waals surface area contributed by atoms with E-state index >= 15 is 0 Å². The number of amides is 1. The minimum Gasteiger partial charge on any atom is -0.339 e. The fraction of sp³-hybridized carbons (Fsp3) is 0.375. The Hall–Kier alpha value is -2.66. The van der Waals surface area contributed by atoms with Crippen LogP contribution in [0.5, 0.6) is 0 Å². The van der Waals surface area contributed by atoms with Crippen molar-refractivity contribution in [1.82, 2.24) is 14.7 Å². The van der Waals surface area contributed by atoms with Gasteiger partial charge >= 0.3 is 0 Å². The molecule has 1 aliphatic carbocycles. The molecule has 150 valence electrons. The third-order valence-electron chi connectivity index (χ3n) is 6.13. The third kappa shape index (κ3) is 3.79. The van der Waals surface area contributed by atoms with Crippen molar-refractivity contribution in [1.29, 1.82) is 0 Å². The Bertz CT molecular complexity index is 899. The predicted octanol–water partition coefficient (Wildman–Crippen LogP) is 4.57. The van der Waals surface area contributed by atoms with Gasteiger partial charge in [-0.25, -0.2) is 4.39 Å². The summed E-state index contributed by atoms with van der Waals surface area (Å²) >= 11 is 0. The number of rotatable bonds is 5. The normalized spacial score (nSPS) is 21.9. The van der Waals surface area contributed by atoms with E-state index in [9.17, 15) is 9.18 Å². The van der Waals surface area contributed by atoms with E-state index in [1.807, 2.05) is 11.1 Å². The Balaban J connectivity index is 1.40. The molecule has 5 heteroatoms. The maximum absolute atomic E-state index is 13.2. The van der Waals surface area contributed by atoms with Gasteiger partial charge in [0, 0.05) is 18.3 Å². The summed E-state index contributed by atoms with van der Waals surface area (Å²) in [6.07, 6.45) is 8.44. The fourth-order valence-electron chi connectivity index (χ4n) is 4.34. The lowest BCUT2D eigenvalue weighted by Gasteiger charge is -2.34. The van der Waals surface area contributed by atoms with Crippen molar-refractivity contribution in [3.63, 3.8) is 0 Å². The van der Waals surface area contributed by atoms with Gasteiger partial charge in [0.2, 0.25) is 5.91 Å². The van der Waals surface area contributed by atoms with Gasteiger partial charge in [-0.1, -0.05) is 36.4 Å². The quantitative estimate of drug-likeness (QED) is 0.747. The summed E-state index contributed by atoms with van der Waals surface area (Å²) in [5.74, 6) is 0.194. The second-order valence-corrected chi connectivity index (χ2v) is 8.30. The number of carbonyl (C=O) groups excluding carboxylic acids is 1. The van der Waals surface area contributed by atoms with Crippen LogP contribution in [0.4, 0.5) is 4.39 Å². The Morgan fingerprint density at radius 2 is 1.52 bits per heavy atom. The molecule has 2 heterocycles. The first kappa shape index (κ1) is 18.4. The van der Waals surface area contributed by atoms with Crippen LogP contribution in [0.2, 0.25) is 0 Å². The van der Waals surface area contributed by atoms with Crippen LogP contribution in [-0.4, -0.2) is 40.4 Å². The molecular weight excluding hydrogens is 365 g/mol. The van der Waals surface area contributed by atoms with Crippen molar-refractivity contribution in [2.45, 2.75) is 31.8 Å². The highest BCUT2D eigenvalue weighted by atomic mass is 19.1. The van der Waals surface area contributed by atoms with Crippen LogP contribution in [0.25, 0.3) is 11.1 Å². The van der Waals surface area contributed by atoms with Gasteiger partial charge in [0.1, 0.15) is 12.0 Å². The molecule has 1 saturated heterocycles. The van der Waals surface area contributed by atoms with E-state index in [4.69, 9.17) is 0 Å². The van der Waals surface area contributed by atoms with Crippen molar-refractivity contribution < 1.29 is 9.18 Å². The molecule has 0 spiro atoms. The van der Waals surface area contributed by atoms with Crippen LogP contribution in [0.1, 0.15) is 37.4 Å². The predicted molar refractivity (Wildman–Crippen MR) is 111 cm³/mol. The van der Waals surface area contributed by atoms with Crippen molar-refractivity contribution in [3.8, 4) is 11.1 Å². The summed E-state index contributed by atoms with van der Waals surface area (Å²) < 4.78 is 13.2. The maximum Gasteiger partial charge on any atom is 0.231 e. The van der Waals surface area contributed by atoms with Crippen LogP contribution < -0.4 is 0 Å². The second kappa shape index (κ2) is 7.64. The Labute approximate surface area is 171 Å². The Morgan fingerprint density at radius 1 is 0.897 bits per heavy atom. The molecule has 0 radical (unpaired) electrons. The lowest BCUT2D eigenvalue weighted by Crippen LogP contribution is -2.40. The van der Waals surface area contributed by atoms with E-state index in [1.54, 1.807) is 12.1 Å². The van der Waals surface area contributed by atoms with E-state index in [0.717, 1.165) is 49.3 Å². The fourth-order valence-corrected chi connectivity index (χ4v) is 4.34. The molecule has 1 saturated carbocycles. The van der Waals surface area contributed by atoms with Gasteiger partial charge in [-0.05, 0) is 67.6 Å². The number of hydrogen-bond acceptors (Lipinski definition) is 3. The summed E-state index contributed by atoms with van der Waals surface area (Å²) in [7, 11) is 0. The molecule has 0 N–H and O–H groups in total. The van der Waals surface area contributed by atoms with Crippen molar-refractivity contribution in [2.75, 3.05) is 19.8 Å². The van der Waals surface area contributed by atoms with E-state index in [2.05, 4.69) is 40.3 Å². The van der Waals surface area contributed by atoms with Crippen LogP contribution in [-0.2, 0) is 4.79 Å². The van der Waals surface area contributed by atoms with Crippen molar-refractivity contribution >= 4 is 5.91 Å². The van der Waals surface area contributed by atoms with Crippen molar-refractivity contribution in [3.05, 3.63) is 72.3 Å². The average molecular weight is 391 g/mol. The number of carbonyl (C=O) groups is 1. The van der Waals surface area contributed by atoms with Crippen LogP contribution >= 0.6 is 0 Å². The van der Waals surface area contributed by atoms with Crippen LogP contribution in [0.15, 0.2) is 60.9 Å². The molecule has 1 atom stereocenters. The molecule has 3 aliphatic rings. The van der Waals surface area contributed by atoms with E-state index < -0.39 is 0 Å². The largest absolute Gasteiger partial charge is 0.339 e. The minimum atomic E-state index is -0.228. The Kier molecular flexibility index (Phi) is 4.84. The van der Waals surface area contributed by atoms with Gasteiger partial charge in [-0.15, -0.1) is 0 Å². The lowest BCUT2D eigenvalue weighted by molar-refractivity contribution is -0.133. The van der Waals surface area contributed by atoms with Gasteiger partial charge in [0.25, 0.3) is 0 Å². The summed E-state index contributed by atoms with van der Waals surface area (Å²) in [4.78, 5) is 19.5. The first-order valence-electron chi connectivity index (χ1n) is 10.5. The molecule has 0 aromatic heterocycles. The monoisotopic (exact) mass is 391 g/mol. The summed E-state index contributed by atoms with van der Waals surface area (Å²) in [6.45, 7) is 3.09. The smallest absolute Gasteiger partial charge is 0.231 e. The van der Waals surface area contributed by atoms with Crippen molar-refractivity contribution in [2.24, 2.45) is 5.92 Å². The summed E-state index contributed by atoms with van der Waals surface area (Å²) in [5.41, 5.74) is 3.14. The minimum absolute atomic E-state index is 0.0917. The Morgan fingerprint density at radius 3 is 2.14 bits per heavy atom. The zero-order valence-corrected chi connectivity index (χ0v) is 16.5. The van der Waals surface area contributed by atoms with Crippen LogP contribution in [0.3, 0.4) is 0 Å². The molecule has 2 aromatic carbocycles. The first-order chi connectivity index (χ1) is 14.2. The second-order valence-electron chi connectivity index (χ2n) is 8.30. The lowest BCUT2D eigenvalue weighted by atomic mass is 10.0. The third-order valence-corrected chi connectivity index (χ3v) is 6.13. The summed E-state index contributed by atoms with van der Waals surface area (Å²) in [5, 5.41) is 0. The maximum atomic E-state index is 13.2. The zero-order valence-electron chi connectivity index (χ0n) is 16.5. The molecule has 2 aliphatic heterocycles. The number of halogens is 1. The number of hydrogen-bond donors (Lipinski definition) is 0. The first-order valence-corrected chi connectivity index (χ1v) is 10.5. The van der Waals surface area contributed by atoms with Crippen LogP contribution in [0, 0.1) is 11.7 Å². The van der Waals surface area contributed by atoms with Gasteiger partial charge in [-0.3, -0.25) is 14.6 Å². The van der Waals surface area contributed by atoms with E-state index in [0.29, 0.717) is 0 Å². The van der Waals surface area contributed by atoms with E-state index in [1.165, 1.54) is 25.0 Å². The molecule has 1 amide bonds. The SMILES string of the molecule is O=C(C1CC1)N1C=CN(CN2CCCC2)C1c1ccc(-c2ccc(F)cc2)cc1. The van der Waals surface area contributed by atoms with Gasteiger partial charge in [0.05, 0.1) is 6.67 Å². The average Bonchev–Trinajstić information content (AvgIpc) is 3.32. The topological polar surface area (TPSA) is 26.8 Å². The highest BCUT2D eigenvalue weighted by molar-refractivity contribution is 5.82. The highest BCUT2D eigenvalue weighted by Gasteiger charge is 2.40. The summed E-state index contributed by atoms with van der Waals surface area (Å²) in [6, 6.07) is 14.9. The van der Waals surface area contributed by atoms with Gasteiger partial charge in [0.15, 0.2) is 0 Å². The van der Waals surface area contributed by atoms with Gasteiger partial charge in [-0.2, -0.15) is 0 Å². The molecule has 29 heavy (non-hydrogen) atoms. The molecule has 0 bridgehead atoms. The molecule has 5 rings (SSSR count). The molecular formula is C24H26FN3O. The molecule has 2 fully saturated rings.